The Morgan fingerprint density at radius 2 is 1.79 bits per heavy atom. The minimum Gasteiger partial charge on any atom is -0.454 e. The maximum atomic E-state index is 12.2. The molecule has 0 saturated heterocycles. The molecule has 0 saturated carbocycles. The summed E-state index contributed by atoms with van der Waals surface area (Å²) in [5.74, 6) is 0.948. The summed E-state index contributed by atoms with van der Waals surface area (Å²) in [5, 5.41) is 4.18. The van der Waals surface area contributed by atoms with Crippen molar-refractivity contribution in [3.63, 3.8) is 0 Å². The van der Waals surface area contributed by atoms with Gasteiger partial charge in [-0.25, -0.2) is 5.43 Å². The number of rotatable bonds is 5. The number of carbonyl (C=O) groups is 1. The molecule has 2 aromatic carbocycles. The maximum Gasteiger partial charge on any atom is 0.271 e. The second-order valence-electron chi connectivity index (χ2n) is 5.65. The quantitative estimate of drug-likeness (QED) is 0.676. The molecule has 1 heterocycles. The van der Waals surface area contributed by atoms with Gasteiger partial charge in [-0.15, -0.1) is 0 Å². The molecule has 0 radical (unpaired) electrons. The van der Waals surface area contributed by atoms with Crippen LogP contribution in [0.1, 0.15) is 41.8 Å². The second kappa shape index (κ2) is 7.17. The van der Waals surface area contributed by atoms with Gasteiger partial charge in [0.05, 0.1) is 5.71 Å². The molecule has 1 N–H and O–H groups in total. The summed E-state index contributed by atoms with van der Waals surface area (Å²) in [7, 11) is 0. The first-order valence-electron chi connectivity index (χ1n) is 8.01. The van der Waals surface area contributed by atoms with E-state index >= 15 is 0 Å². The number of hydrazone groups is 1. The fourth-order valence-electron chi connectivity index (χ4n) is 2.50. The standard InChI is InChI=1S/C19H20N2O3/c1-3-4-14-5-7-15(8-6-14)13(2)20-21-19(22)16-9-10-17-18(11-16)24-12-23-17/h5-11H,3-4,12H2,1-2H3,(H,21,22). The van der Waals surface area contributed by atoms with Gasteiger partial charge in [0.15, 0.2) is 11.5 Å². The predicted octanol–water partition coefficient (Wildman–Crippen LogP) is 3.52. The van der Waals surface area contributed by atoms with Gasteiger partial charge in [-0.1, -0.05) is 37.6 Å². The molecule has 1 aliphatic rings. The number of hydrogen-bond acceptors (Lipinski definition) is 4. The first-order valence-corrected chi connectivity index (χ1v) is 8.01. The maximum absolute atomic E-state index is 12.2. The van der Waals surface area contributed by atoms with Gasteiger partial charge in [-0.3, -0.25) is 4.79 Å². The van der Waals surface area contributed by atoms with E-state index in [1.807, 2.05) is 19.1 Å². The zero-order valence-corrected chi connectivity index (χ0v) is 13.8. The minimum atomic E-state index is -0.282. The average molecular weight is 324 g/mol. The number of fused-ring (bicyclic) bond motifs is 1. The molecule has 0 bridgehead atoms. The van der Waals surface area contributed by atoms with Crippen molar-refractivity contribution in [2.24, 2.45) is 5.10 Å². The number of carbonyl (C=O) groups excluding carboxylic acids is 1. The summed E-state index contributed by atoms with van der Waals surface area (Å²) in [6, 6.07) is 13.3. The zero-order chi connectivity index (χ0) is 16.9. The van der Waals surface area contributed by atoms with E-state index in [1.54, 1.807) is 18.2 Å². The van der Waals surface area contributed by atoms with Crippen molar-refractivity contribution >= 4 is 11.6 Å². The van der Waals surface area contributed by atoms with E-state index in [4.69, 9.17) is 9.47 Å². The first-order chi connectivity index (χ1) is 11.7. The number of hydrogen-bond donors (Lipinski definition) is 1. The van der Waals surface area contributed by atoms with Crippen LogP contribution in [0.4, 0.5) is 0 Å². The number of amides is 1. The molecular weight excluding hydrogens is 304 g/mol. The molecule has 0 atom stereocenters. The summed E-state index contributed by atoms with van der Waals surface area (Å²) in [5.41, 5.74) is 6.11. The van der Waals surface area contributed by atoms with E-state index in [0.29, 0.717) is 17.1 Å². The Kier molecular flexibility index (Phi) is 4.79. The van der Waals surface area contributed by atoms with Gasteiger partial charge in [-0.2, -0.15) is 5.10 Å². The molecule has 0 spiro atoms. The monoisotopic (exact) mass is 324 g/mol. The normalized spacial score (nSPS) is 13.0. The van der Waals surface area contributed by atoms with Crippen LogP contribution in [0.25, 0.3) is 0 Å². The predicted molar refractivity (Wildman–Crippen MR) is 92.7 cm³/mol. The molecule has 124 valence electrons. The Morgan fingerprint density at radius 1 is 1.08 bits per heavy atom. The minimum absolute atomic E-state index is 0.186. The lowest BCUT2D eigenvalue weighted by molar-refractivity contribution is 0.0954. The van der Waals surface area contributed by atoms with Crippen molar-refractivity contribution < 1.29 is 14.3 Å². The van der Waals surface area contributed by atoms with Gasteiger partial charge in [0, 0.05) is 5.56 Å². The highest BCUT2D eigenvalue weighted by Gasteiger charge is 2.16. The van der Waals surface area contributed by atoms with E-state index in [1.165, 1.54) is 5.56 Å². The van der Waals surface area contributed by atoms with Gasteiger partial charge in [-0.05, 0) is 42.7 Å². The Labute approximate surface area is 141 Å². The molecular formula is C19H20N2O3. The topological polar surface area (TPSA) is 59.9 Å². The largest absolute Gasteiger partial charge is 0.454 e. The molecule has 0 aromatic heterocycles. The highest BCUT2D eigenvalue weighted by atomic mass is 16.7. The van der Waals surface area contributed by atoms with E-state index in [2.05, 4.69) is 29.6 Å². The lowest BCUT2D eigenvalue weighted by Gasteiger charge is -2.05. The molecule has 1 amide bonds. The van der Waals surface area contributed by atoms with Crippen molar-refractivity contribution in [3.8, 4) is 11.5 Å². The smallest absolute Gasteiger partial charge is 0.271 e. The number of benzene rings is 2. The van der Waals surface area contributed by atoms with Crippen LogP contribution in [0.3, 0.4) is 0 Å². The van der Waals surface area contributed by atoms with Crippen molar-refractivity contribution in [3.05, 3.63) is 59.2 Å². The molecule has 3 rings (SSSR count). The average Bonchev–Trinajstić information content (AvgIpc) is 3.08. The third kappa shape index (κ3) is 3.56. The highest BCUT2D eigenvalue weighted by molar-refractivity contribution is 6.01. The summed E-state index contributed by atoms with van der Waals surface area (Å²) in [6.45, 7) is 4.22. The third-order valence-corrected chi connectivity index (χ3v) is 3.87. The van der Waals surface area contributed by atoms with Crippen LogP contribution in [-0.4, -0.2) is 18.4 Å². The number of nitrogens with one attached hydrogen (secondary N) is 1. The first kappa shape index (κ1) is 16.1. The lowest BCUT2D eigenvalue weighted by Crippen LogP contribution is -2.19. The molecule has 0 aliphatic carbocycles. The number of ether oxygens (including phenoxy) is 2. The molecule has 5 heteroatoms. The summed E-state index contributed by atoms with van der Waals surface area (Å²) < 4.78 is 10.5. The van der Waals surface area contributed by atoms with Crippen LogP contribution >= 0.6 is 0 Å². The number of nitrogens with zero attached hydrogens (tertiary/aromatic N) is 1. The molecule has 1 aliphatic heterocycles. The van der Waals surface area contributed by atoms with Gasteiger partial charge in [0.1, 0.15) is 0 Å². The van der Waals surface area contributed by atoms with E-state index in [0.717, 1.165) is 24.1 Å². The second-order valence-corrected chi connectivity index (χ2v) is 5.65. The molecule has 0 unspecified atom stereocenters. The molecule has 2 aromatic rings. The number of aryl methyl sites for hydroxylation is 1. The van der Waals surface area contributed by atoms with E-state index in [-0.39, 0.29) is 12.7 Å². The van der Waals surface area contributed by atoms with Crippen LogP contribution in [-0.2, 0) is 6.42 Å². The summed E-state index contributed by atoms with van der Waals surface area (Å²) >= 11 is 0. The Bertz CT molecular complexity index is 767. The van der Waals surface area contributed by atoms with Crippen LogP contribution in [0.15, 0.2) is 47.6 Å². The third-order valence-electron chi connectivity index (χ3n) is 3.87. The van der Waals surface area contributed by atoms with E-state index < -0.39 is 0 Å². The summed E-state index contributed by atoms with van der Waals surface area (Å²) in [4.78, 5) is 12.2. The van der Waals surface area contributed by atoms with Crippen LogP contribution in [0.2, 0.25) is 0 Å². The van der Waals surface area contributed by atoms with Gasteiger partial charge in [0.2, 0.25) is 6.79 Å². The van der Waals surface area contributed by atoms with Crippen molar-refractivity contribution in [1.29, 1.82) is 0 Å². The fraction of sp³-hybridized carbons (Fsp3) is 0.263. The Balaban J connectivity index is 1.66. The Morgan fingerprint density at radius 3 is 2.54 bits per heavy atom. The van der Waals surface area contributed by atoms with Crippen molar-refractivity contribution in [2.75, 3.05) is 6.79 Å². The van der Waals surface area contributed by atoms with Crippen molar-refractivity contribution in [2.45, 2.75) is 26.7 Å². The van der Waals surface area contributed by atoms with Crippen LogP contribution in [0, 0.1) is 0 Å². The van der Waals surface area contributed by atoms with Crippen LogP contribution < -0.4 is 14.9 Å². The van der Waals surface area contributed by atoms with Crippen LogP contribution in [0.5, 0.6) is 11.5 Å². The zero-order valence-electron chi connectivity index (χ0n) is 13.8. The van der Waals surface area contributed by atoms with E-state index in [9.17, 15) is 4.79 Å². The SMILES string of the molecule is CCCc1ccc(C(C)=NNC(=O)c2ccc3c(c2)OCO3)cc1. The Hall–Kier alpha value is -2.82. The van der Waals surface area contributed by atoms with Gasteiger partial charge >= 0.3 is 0 Å². The lowest BCUT2D eigenvalue weighted by atomic mass is 10.1. The van der Waals surface area contributed by atoms with Gasteiger partial charge < -0.3 is 9.47 Å². The van der Waals surface area contributed by atoms with Crippen molar-refractivity contribution in [1.82, 2.24) is 5.43 Å². The van der Waals surface area contributed by atoms with Gasteiger partial charge in [0.25, 0.3) is 5.91 Å². The fourth-order valence-corrected chi connectivity index (χ4v) is 2.50. The molecule has 0 fully saturated rings. The molecule has 24 heavy (non-hydrogen) atoms. The summed E-state index contributed by atoms with van der Waals surface area (Å²) in [6.07, 6.45) is 2.19. The molecule has 5 nitrogen and oxygen atoms in total. The highest BCUT2D eigenvalue weighted by Crippen LogP contribution is 2.32.